The molecule has 0 aliphatic carbocycles. The lowest BCUT2D eigenvalue weighted by molar-refractivity contribution is -0.143. The summed E-state index contributed by atoms with van der Waals surface area (Å²) in [5.41, 5.74) is -0.0605. The van der Waals surface area contributed by atoms with E-state index >= 15 is 0 Å². The van der Waals surface area contributed by atoms with Gasteiger partial charge in [0.15, 0.2) is 0 Å². The molecule has 0 radical (unpaired) electrons. The molecule has 0 spiro atoms. The topological polar surface area (TPSA) is 140 Å². The summed E-state index contributed by atoms with van der Waals surface area (Å²) in [7, 11) is -1.54. The van der Waals surface area contributed by atoms with Crippen LogP contribution in [0.1, 0.15) is 29.3 Å². The second-order valence-electron chi connectivity index (χ2n) is 7.50. The first kappa shape index (κ1) is 20.4. The van der Waals surface area contributed by atoms with Gasteiger partial charge in [0.05, 0.1) is 19.0 Å². The highest BCUT2D eigenvalue weighted by molar-refractivity contribution is 6.41. The van der Waals surface area contributed by atoms with Gasteiger partial charge < -0.3 is 35.2 Å². The number of carboxylic acid groups (broad SMARTS) is 1. The number of hydrogen-bond donors (Lipinski definition) is 5. The summed E-state index contributed by atoms with van der Waals surface area (Å²) in [5, 5.41) is 40.9. The van der Waals surface area contributed by atoms with E-state index in [-0.39, 0.29) is 42.0 Å². The van der Waals surface area contributed by atoms with Gasteiger partial charge in [-0.05, 0) is 37.7 Å². The van der Waals surface area contributed by atoms with E-state index in [1.54, 1.807) is 4.90 Å². The number of nitrogens with zero attached hydrogens (tertiary/aromatic N) is 1. The molecule has 2 unspecified atom stereocenters. The van der Waals surface area contributed by atoms with Crippen LogP contribution in [0, 0.1) is 5.92 Å². The van der Waals surface area contributed by atoms with E-state index in [0.29, 0.717) is 31.2 Å². The Labute approximate surface area is 163 Å². The van der Waals surface area contributed by atoms with Crippen molar-refractivity contribution in [2.45, 2.75) is 38.2 Å². The van der Waals surface area contributed by atoms with E-state index in [0.717, 1.165) is 6.42 Å². The first-order valence-corrected chi connectivity index (χ1v) is 9.39. The molecule has 1 amide bonds. The fraction of sp³-hybridized carbons (Fsp3) is 0.556. The number of rotatable bonds is 7. The summed E-state index contributed by atoms with van der Waals surface area (Å²) >= 11 is 0. The predicted molar refractivity (Wildman–Crippen MR) is 100 cm³/mol. The van der Waals surface area contributed by atoms with Crippen molar-refractivity contribution < 1.29 is 34.6 Å². The third kappa shape index (κ3) is 4.40. The molecule has 2 atom stereocenters. The number of aryl methyl sites for hydroxylation is 1. The number of nitrogens with one attached hydrogen (secondary N) is 1. The predicted octanol–water partition coefficient (Wildman–Crippen LogP) is -0.307. The lowest BCUT2D eigenvalue weighted by Crippen LogP contribution is -2.57. The Balaban J connectivity index is 1.62. The van der Waals surface area contributed by atoms with Crippen LogP contribution in [-0.4, -0.2) is 75.9 Å². The Bertz CT molecular complexity index is 752. The molecule has 5 N–H and O–H groups in total. The quantitative estimate of drug-likeness (QED) is 0.399. The molecule has 3 rings (SSSR count). The third-order valence-corrected chi connectivity index (χ3v) is 5.26. The van der Waals surface area contributed by atoms with Gasteiger partial charge >= 0.3 is 13.1 Å². The lowest BCUT2D eigenvalue weighted by atomic mass is 9.82. The van der Waals surface area contributed by atoms with Gasteiger partial charge in [0.1, 0.15) is 23.2 Å². The van der Waals surface area contributed by atoms with Crippen molar-refractivity contribution in [3.8, 4) is 11.5 Å². The smallest absolute Gasteiger partial charge is 0.451 e. The van der Waals surface area contributed by atoms with E-state index in [9.17, 15) is 19.8 Å². The van der Waals surface area contributed by atoms with E-state index < -0.39 is 18.8 Å². The monoisotopic (exact) mass is 392 g/mol. The van der Waals surface area contributed by atoms with Gasteiger partial charge in [-0.15, -0.1) is 0 Å². The molecule has 152 valence electrons. The zero-order chi connectivity index (χ0) is 20.4. The molecule has 2 aliphatic heterocycles. The number of amides is 1. The first-order valence-electron chi connectivity index (χ1n) is 9.39. The summed E-state index contributed by atoms with van der Waals surface area (Å²) in [6.45, 7) is 3.47. The first-order chi connectivity index (χ1) is 13.3. The Morgan fingerprint density at radius 2 is 2.04 bits per heavy atom. The molecule has 9 nitrogen and oxygen atoms in total. The average molecular weight is 392 g/mol. The molecule has 2 heterocycles. The van der Waals surface area contributed by atoms with Gasteiger partial charge in [0, 0.05) is 12.6 Å². The fourth-order valence-electron chi connectivity index (χ4n) is 3.66. The highest BCUT2D eigenvalue weighted by Crippen LogP contribution is 2.34. The second-order valence-corrected chi connectivity index (χ2v) is 7.50. The average Bonchev–Trinajstić information content (AvgIpc) is 3.02. The molecule has 1 aromatic carbocycles. The van der Waals surface area contributed by atoms with Crippen LogP contribution >= 0.6 is 0 Å². The van der Waals surface area contributed by atoms with E-state index in [2.05, 4.69) is 5.32 Å². The number of hydrogen-bond acceptors (Lipinski definition) is 7. The molecule has 0 saturated carbocycles. The molecule has 0 bridgehead atoms. The van der Waals surface area contributed by atoms with Crippen LogP contribution in [0.2, 0.25) is 6.32 Å². The number of carbonyl (C=O) groups excluding carboxylic acids is 1. The minimum Gasteiger partial charge on any atom is -0.507 e. The zero-order valence-electron chi connectivity index (χ0n) is 15.7. The molecular formula is C18H25BN2O7. The number of carboxylic acids is 1. The molecular weight excluding hydrogens is 367 g/mol. The SMILES string of the molecule is CC1CC(C(=O)N2CC(Oc3ccc(CCB(O)O)c(O)c3C(=O)O)C2)CN1. The maximum atomic E-state index is 12.4. The standard InChI is InChI=1S/C18H25BN2O7/c1-10-6-12(7-20-10)17(23)21-8-13(9-21)28-14-3-2-11(4-5-19(26)27)16(22)15(14)18(24)25/h2-3,10,12-13,20,22,26-27H,4-9H2,1H3,(H,24,25). The van der Waals surface area contributed by atoms with Gasteiger partial charge in [-0.2, -0.15) is 0 Å². The van der Waals surface area contributed by atoms with Crippen molar-refractivity contribution in [1.29, 1.82) is 0 Å². The van der Waals surface area contributed by atoms with Crippen LogP contribution < -0.4 is 10.1 Å². The minimum atomic E-state index is -1.54. The van der Waals surface area contributed by atoms with Gasteiger partial charge in [0.25, 0.3) is 0 Å². The molecule has 28 heavy (non-hydrogen) atoms. The summed E-state index contributed by atoms with van der Waals surface area (Å²) < 4.78 is 5.72. The van der Waals surface area contributed by atoms with Crippen LogP contribution in [0.4, 0.5) is 0 Å². The van der Waals surface area contributed by atoms with Crippen LogP contribution in [0.15, 0.2) is 12.1 Å². The van der Waals surface area contributed by atoms with Crippen molar-refractivity contribution in [3.63, 3.8) is 0 Å². The number of ether oxygens (including phenoxy) is 1. The minimum absolute atomic E-state index is 0.0266. The second kappa shape index (κ2) is 8.38. The van der Waals surface area contributed by atoms with Crippen LogP contribution in [-0.2, 0) is 11.2 Å². The van der Waals surface area contributed by atoms with Crippen LogP contribution in [0.25, 0.3) is 0 Å². The Morgan fingerprint density at radius 3 is 2.61 bits per heavy atom. The molecule has 2 aliphatic rings. The van der Waals surface area contributed by atoms with Crippen molar-refractivity contribution in [2.75, 3.05) is 19.6 Å². The van der Waals surface area contributed by atoms with E-state index in [1.807, 2.05) is 6.92 Å². The number of phenols is 1. The lowest BCUT2D eigenvalue weighted by Gasteiger charge is -2.40. The van der Waals surface area contributed by atoms with E-state index in [1.165, 1.54) is 12.1 Å². The Kier molecular flexibility index (Phi) is 6.12. The van der Waals surface area contributed by atoms with Gasteiger partial charge in [-0.25, -0.2) is 4.79 Å². The summed E-state index contributed by atoms with van der Waals surface area (Å²) in [4.78, 5) is 25.7. The van der Waals surface area contributed by atoms with Crippen molar-refractivity contribution >= 4 is 19.0 Å². The number of carbonyl (C=O) groups is 2. The fourth-order valence-corrected chi connectivity index (χ4v) is 3.66. The molecule has 10 heteroatoms. The van der Waals surface area contributed by atoms with Crippen LogP contribution in [0.5, 0.6) is 11.5 Å². The molecule has 2 saturated heterocycles. The number of likely N-dealkylation sites (tertiary alicyclic amines) is 1. The summed E-state index contributed by atoms with van der Waals surface area (Å²) in [6, 6.07) is 3.29. The van der Waals surface area contributed by atoms with Crippen molar-refractivity contribution in [2.24, 2.45) is 5.92 Å². The highest BCUT2D eigenvalue weighted by atomic mass is 16.5. The van der Waals surface area contributed by atoms with E-state index in [4.69, 9.17) is 14.8 Å². The Morgan fingerprint density at radius 1 is 1.32 bits per heavy atom. The third-order valence-electron chi connectivity index (χ3n) is 5.26. The summed E-state index contributed by atoms with van der Waals surface area (Å²) in [6.07, 6.45) is 0.561. The zero-order valence-corrected chi connectivity index (χ0v) is 15.7. The normalized spacial score (nSPS) is 22.0. The van der Waals surface area contributed by atoms with Crippen LogP contribution in [0.3, 0.4) is 0 Å². The number of aromatic hydroxyl groups is 1. The van der Waals surface area contributed by atoms with Crippen molar-refractivity contribution in [1.82, 2.24) is 10.2 Å². The Hall–Kier alpha value is -2.30. The van der Waals surface area contributed by atoms with Gasteiger partial charge in [0.2, 0.25) is 5.91 Å². The van der Waals surface area contributed by atoms with Crippen molar-refractivity contribution in [3.05, 3.63) is 23.3 Å². The van der Waals surface area contributed by atoms with Gasteiger partial charge in [-0.1, -0.05) is 6.07 Å². The van der Waals surface area contributed by atoms with Gasteiger partial charge in [-0.3, -0.25) is 4.79 Å². The molecule has 1 aromatic rings. The maximum absolute atomic E-state index is 12.4. The molecule has 2 fully saturated rings. The number of benzene rings is 1. The summed E-state index contributed by atoms with van der Waals surface area (Å²) in [5.74, 6) is -1.70. The number of aromatic carboxylic acids is 1. The maximum Gasteiger partial charge on any atom is 0.451 e. The molecule has 0 aromatic heterocycles. The largest absolute Gasteiger partial charge is 0.507 e. The highest BCUT2D eigenvalue weighted by Gasteiger charge is 2.38.